The predicted molar refractivity (Wildman–Crippen MR) is 68.9 cm³/mol. The highest BCUT2D eigenvalue weighted by Crippen LogP contribution is 2.19. The average Bonchev–Trinajstić information content (AvgIpc) is 2.98. The SMILES string of the molecule is COc1ccc(-n2nnnc2-c2ccccn2)cc1. The van der Waals surface area contributed by atoms with E-state index in [1.165, 1.54) is 0 Å². The number of benzene rings is 1. The summed E-state index contributed by atoms with van der Waals surface area (Å²) in [5.41, 5.74) is 1.58. The average molecular weight is 253 g/mol. The maximum Gasteiger partial charge on any atom is 0.205 e. The molecule has 0 bridgehead atoms. The van der Waals surface area contributed by atoms with E-state index in [4.69, 9.17) is 4.74 Å². The van der Waals surface area contributed by atoms with Crippen LogP contribution in [0.15, 0.2) is 48.7 Å². The third-order valence-corrected chi connectivity index (χ3v) is 2.68. The molecule has 0 aliphatic heterocycles. The second-order valence-electron chi connectivity index (χ2n) is 3.83. The molecule has 0 saturated carbocycles. The van der Waals surface area contributed by atoms with Gasteiger partial charge in [0.1, 0.15) is 11.4 Å². The van der Waals surface area contributed by atoms with Crippen molar-refractivity contribution in [3.8, 4) is 23.0 Å². The number of methoxy groups -OCH3 is 1. The first-order valence-corrected chi connectivity index (χ1v) is 5.73. The van der Waals surface area contributed by atoms with E-state index in [9.17, 15) is 0 Å². The van der Waals surface area contributed by atoms with Crippen molar-refractivity contribution >= 4 is 0 Å². The molecule has 0 atom stereocenters. The van der Waals surface area contributed by atoms with Crippen LogP contribution < -0.4 is 4.74 Å². The fourth-order valence-corrected chi connectivity index (χ4v) is 1.74. The predicted octanol–water partition coefficient (Wildman–Crippen LogP) is 1.73. The minimum Gasteiger partial charge on any atom is -0.497 e. The smallest absolute Gasteiger partial charge is 0.205 e. The minimum atomic E-state index is 0.603. The van der Waals surface area contributed by atoms with Gasteiger partial charge >= 0.3 is 0 Å². The van der Waals surface area contributed by atoms with Crippen LogP contribution in [0.4, 0.5) is 0 Å². The van der Waals surface area contributed by atoms with Gasteiger partial charge in [-0.05, 0) is 46.8 Å². The number of aromatic nitrogens is 5. The van der Waals surface area contributed by atoms with Gasteiger partial charge in [-0.15, -0.1) is 5.10 Å². The molecule has 3 rings (SSSR count). The first-order chi connectivity index (χ1) is 9.38. The van der Waals surface area contributed by atoms with Crippen molar-refractivity contribution in [2.45, 2.75) is 0 Å². The molecule has 1 aromatic carbocycles. The standard InChI is InChI=1S/C13H11N5O/c1-19-11-7-5-10(6-8-11)18-13(15-16-17-18)12-4-2-3-9-14-12/h2-9H,1H3. The number of hydrogen-bond donors (Lipinski definition) is 0. The van der Waals surface area contributed by atoms with Crippen LogP contribution in [-0.4, -0.2) is 32.3 Å². The molecule has 0 aliphatic carbocycles. The quantitative estimate of drug-likeness (QED) is 0.711. The third-order valence-electron chi connectivity index (χ3n) is 2.68. The summed E-state index contributed by atoms with van der Waals surface area (Å²) in [6.45, 7) is 0. The number of rotatable bonds is 3. The van der Waals surface area contributed by atoms with E-state index in [-0.39, 0.29) is 0 Å². The van der Waals surface area contributed by atoms with E-state index in [1.807, 2.05) is 42.5 Å². The van der Waals surface area contributed by atoms with Crippen molar-refractivity contribution in [1.82, 2.24) is 25.2 Å². The summed E-state index contributed by atoms with van der Waals surface area (Å²) >= 11 is 0. The summed E-state index contributed by atoms with van der Waals surface area (Å²) in [5.74, 6) is 1.39. The Hall–Kier alpha value is -2.76. The summed E-state index contributed by atoms with van der Waals surface area (Å²) < 4.78 is 6.77. The second kappa shape index (κ2) is 4.85. The van der Waals surface area contributed by atoms with E-state index < -0.39 is 0 Å². The molecule has 0 saturated heterocycles. The van der Waals surface area contributed by atoms with Crippen LogP contribution in [0.5, 0.6) is 5.75 Å². The number of nitrogens with zero attached hydrogens (tertiary/aromatic N) is 5. The molecule has 2 heterocycles. The zero-order chi connectivity index (χ0) is 13.1. The van der Waals surface area contributed by atoms with Crippen LogP contribution in [-0.2, 0) is 0 Å². The summed E-state index contributed by atoms with van der Waals surface area (Å²) in [6.07, 6.45) is 1.71. The Morgan fingerprint density at radius 2 is 1.89 bits per heavy atom. The van der Waals surface area contributed by atoms with Crippen molar-refractivity contribution in [2.75, 3.05) is 7.11 Å². The molecule has 94 valence electrons. The Kier molecular flexibility index (Phi) is 2.89. The lowest BCUT2D eigenvalue weighted by Crippen LogP contribution is -2.00. The molecule has 0 spiro atoms. The van der Waals surface area contributed by atoms with E-state index in [1.54, 1.807) is 18.0 Å². The molecule has 0 unspecified atom stereocenters. The third kappa shape index (κ3) is 2.15. The first-order valence-electron chi connectivity index (χ1n) is 5.73. The fourth-order valence-electron chi connectivity index (χ4n) is 1.74. The van der Waals surface area contributed by atoms with Gasteiger partial charge in [0, 0.05) is 6.20 Å². The second-order valence-corrected chi connectivity index (χ2v) is 3.83. The highest BCUT2D eigenvalue weighted by atomic mass is 16.5. The Balaban J connectivity index is 2.04. The Morgan fingerprint density at radius 1 is 1.05 bits per heavy atom. The van der Waals surface area contributed by atoms with Crippen molar-refractivity contribution in [3.05, 3.63) is 48.7 Å². The van der Waals surface area contributed by atoms with E-state index in [2.05, 4.69) is 20.5 Å². The Bertz CT molecular complexity index is 663. The fraction of sp³-hybridized carbons (Fsp3) is 0.0769. The van der Waals surface area contributed by atoms with E-state index in [0.29, 0.717) is 5.82 Å². The lowest BCUT2D eigenvalue weighted by atomic mass is 10.3. The Morgan fingerprint density at radius 3 is 2.58 bits per heavy atom. The first kappa shape index (κ1) is 11.3. The van der Waals surface area contributed by atoms with Crippen molar-refractivity contribution in [2.24, 2.45) is 0 Å². The molecule has 6 heteroatoms. The zero-order valence-corrected chi connectivity index (χ0v) is 10.3. The van der Waals surface area contributed by atoms with Crippen LogP contribution in [0.3, 0.4) is 0 Å². The monoisotopic (exact) mass is 253 g/mol. The lowest BCUT2D eigenvalue weighted by Gasteiger charge is -2.05. The van der Waals surface area contributed by atoms with Gasteiger partial charge in [0.2, 0.25) is 5.82 Å². The minimum absolute atomic E-state index is 0.603. The largest absolute Gasteiger partial charge is 0.497 e. The number of hydrogen-bond acceptors (Lipinski definition) is 5. The maximum absolute atomic E-state index is 5.13. The van der Waals surface area contributed by atoms with Crippen molar-refractivity contribution in [1.29, 1.82) is 0 Å². The molecule has 0 N–H and O–H groups in total. The van der Waals surface area contributed by atoms with Gasteiger partial charge in [0.15, 0.2) is 0 Å². The summed E-state index contributed by atoms with van der Waals surface area (Å²) in [4.78, 5) is 4.25. The summed E-state index contributed by atoms with van der Waals surface area (Å²) in [7, 11) is 1.63. The molecular weight excluding hydrogens is 242 g/mol. The molecule has 0 aliphatic rings. The van der Waals surface area contributed by atoms with Gasteiger partial charge in [-0.2, -0.15) is 4.68 Å². The topological polar surface area (TPSA) is 65.7 Å². The van der Waals surface area contributed by atoms with Gasteiger partial charge in [-0.25, -0.2) is 0 Å². The highest BCUT2D eigenvalue weighted by Gasteiger charge is 2.11. The van der Waals surface area contributed by atoms with E-state index in [0.717, 1.165) is 17.1 Å². The lowest BCUT2D eigenvalue weighted by molar-refractivity contribution is 0.414. The van der Waals surface area contributed by atoms with Crippen LogP contribution >= 0.6 is 0 Å². The van der Waals surface area contributed by atoms with Crippen LogP contribution in [0.1, 0.15) is 0 Å². The zero-order valence-electron chi connectivity index (χ0n) is 10.3. The van der Waals surface area contributed by atoms with Crippen molar-refractivity contribution in [3.63, 3.8) is 0 Å². The van der Waals surface area contributed by atoms with Gasteiger partial charge in [0.05, 0.1) is 12.8 Å². The molecule has 3 aromatic rings. The van der Waals surface area contributed by atoms with E-state index >= 15 is 0 Å². The van der Waals surface area contributed by atoms with Crippen LogP contribution in [0.25, 0.3) is 17.2 Å². The van der Waals surface area contributed by atoms with Crippen LogP contribution in [0.2, 0.25) is 0 Å². The number of tetrazole rings is 1. The normalized spacial score (nSPS) is 10.4. The molecule has 2 aromatic heterocycles. The molecule has 19 heavy (non-hydrogen) atoms. The van der Waals surface area contributed by atoms with Crippen LogP contribution in [0, 0.1) is 0 Å². The maximum atomic E-state index is 5.13. The molecular formula is C13H11N5O. The molecule has 0 radical (unpaired) electrons. The van der Waals surface area contributed by atoms with Gasteiger partial charge in [-0.3, -0.25) is 4.98 Å². The number of pyridine rings is 1. The molecule has 0 amide bonds. The molecule has 0 fully saturated rings. The highest BCUT2D eigenvalue weighted by molar-refractivity contribution is 5.52. The van der Waals surface area contributed by atoms with Gasteiger partial charge in [0.25, 0.3) is 0 Å². The van der Waals surface area contributed by atoms with Gasteiger partial charge in [-0.1, -0.05) is 6.07 Å². The summed E-state index contributed by atoms with van der Waals surface area (Å²) in [6, 6.07) is 13.1. The Labute approximate surface area is 109 Å². The van der Waals surface area contributed by atoms with Crippen molar-refractivity contribution < 1.29 is 4.74 Å². The van der Waals surface area contributed by atoms with Gasteiger partial charge < -0.3 is 4.74 Å². The molecule has 6 nitrogen and oxygen atoms in total. The number of ether oxygens (including phenoxy) is 1. The summed E-state index contributed by atoms with van der Waals surface area (Å²) in [5, 5.41) is 11.7.